The monoisotopic (exact) mass is 335 g/mol. The molecule has 2 aromatic rings. The first-order chi connectivity index (χ1) is 9.09. The summed E-state index contributed by atoms with van der Waals surface area (Å²) in [6.07, 6.45) is 0. The van der Waals surface area contributed by atoms with Crippen molar-refractivity contribution < 1.29 is 0 Å². The molecule has 2 atom stereocenters. The Balaban J connectivity index is 2.33. The van der Waals surface area contributed by atoms with Crippen molar-refractivity contribution in [1.29, 1.82) is 0 Å². The lowest BCUT2D eigenvalue weighted by atomic mass is 10.0. The third-order valence-corrected chi connectivity index (χ3v) is 5.56. The van der Waals surface area contributed by atoms with Crippen LogP contribution in [0.1, 0.15) is 23.3 Å². The topological polar surface area (TPSA) is 26.0 Å². The van der Waals surface area contributed by atoms with Crippen LogP contribution in [0.4, 0.5) is 0 Å². The largest absolute Gasteiger partial charge is 0.327 e. The molecule has 2 N–H and O–H groups in total. The van der Waals surface area contributed by atoms with Crippen LogP contribution >= 0.6 is 27.7 Å². The van der Waals surface area contributed by atoms with Gasteiger partial charge in [0.05, 0.1) is 0 Å². The van der Waals surface area contributed by atoms with E-state index >= 15 is 0 Å². The average Bonchev–Trinajstić information content (AvgIpc) is 2.38. The zero-order valence-electron chi connectivity index (χ0n) is 11.1. The first-order valence-corrected chi connectivity index (χ1v) is 7.99. The maximum Gasteiger partial charge on any atom is 0.0495 e. The SMILES string of the molecule is Cc1ccccc1C(Sc1ccccc1Br)C(C)N. The minimum atomic E-state index is 0.0956. The molecule has 1 nitrogen and oxygen atoms in total. The second-order valence-electron chi connectivity index (χ2n) is 4.68. The highest BCUT2D eigenvalue weighted by Gasteiger charge is 2.20. The fourth-order valence-corrected chi connectivity index (χ4v) is 3.82. The Morgan fingerprint density at radius 3 is 2.32 bits per heavy atom. The molecule has 2 aromatic carbocycles. The van der Waals surface area contributed by atoms with Crippen molar-refractivity contribution in [3.8, 4) is 0 Å². The van der Waals surface area contributed by atoms with Gasteiger partial charge in [-0.3, -0.25) is 0 Å². The second kappa shape index (κ2) is 6.60. The molecule has 0 heterocycles. The lowest BCUT2D eigenvalue weighted by Gasteiger charge is -2.23. The summed E-state index contributed by atoms with van der Waals surface area (Å²) in [6, 6.07) is 16.8. The molecule has 0 amide bonds. The number of rotatable bonds is 4. The first-order valence-electron chi connectivity index (χ1n) is 6.32. The van der Waals surface area contributed by atoms with Crippen molar-refractivity contribution in [2.24, 2.45) is 5.73 Å². The van der Waals surface area contributed by atoms with Crippen LogP contribution in [0.15, 0.2) is 57.9 Å². The number of hydrogen-bond donors (Lipinski definition) is 1. The number of nitrogens with two attached hydrogens (primary N) is 1. The molecule has 0 aliphatic rings. The summed E-state index contributed by atoms with van der Waals surface area (Å²) in [7, 11) is 0. The predicted octanol–water partition coefficient (Wildman–Crippen LogP) is 4.94. The van der Waals surface area contributed by atoms with Crippen molar-refractivity contribution in [2.45, 2.75) is 30.0 Å². The van der Waals surface area contributed by atoms with E-state index in [1.165, 1.54) is 16.0 Å². The van der Waals surface area contributed by atoms with Crippen molar-refractivity contribution >= 4 is 27.7 Å². The van der Waals surface area contributed by atoms with Crippen LogP contribution in [0.25, 0.3) is 0 Å². The molecule has 0 fully saturated rings. The van der Waals surface area contributed by atoms with Crippen molar-refractivity contribution in [2.75, 3.05) is 0 Å². The molecule has 3 heteroatoms. The van der Waals surface area contributed by atoms with Gasteiger partial charge in [0.25, 0.3) is 0 Å². The molecule has 0 radical (unpaired) electrons. The summed E-state index contributed by atoms with van der Waals surface area (Å²) in [6.45, 7) is 4.21. The third kappa shape index (κ3) is 3.62. The normalized spacial score (nSPS) is 14.1. The Bertz CT molecular complexity index is 554. The first kappa shape index (κ1) is 14.6. The minimum absolute atomic E-state index is 0.0956. The van der Waals surface area contributed by atoms with Crippen LogP contribution in [0, 0.1) is 6.92 Å². The summed E-state index contributed by atoms with van der Waals surface area (Å²) in [5.74, 6) is 0. The molecule has 0 bridgehead atoms. The molecule has 0 aliphatic heterocycles. The molecule has 0 aromatic heterocycles. The van der Waals surface area contributed by atoms with Crippen molar-refractivity contribution in [1.82, 2.24) is 0 Å². The summed E-state index contributed by atoms with van der Waals surface area (Å²) in [4.78, 5) is 1.23. The van der Waals surface area contributed by atoms with Crippen LogP contribution in [-0.2, 0) is 0 Å². The zero-order chi connectivity index (χ0) is 13.8. The van der Waals surface area contributed by atoms with Crippen molar-refractivity contribution in [3.05, 3.63) is 64.1 Å². The standard InChI is InChI=1S/C16H18BrNS/c1-11-7-3-4-8-13(11)16(12(2)18)19-15-10-6-5-9-14(15)17/h3-10,12,16H,18H2,1-2H3. The van der Waals surface area contributed by atoms with E-state index in [4.69, 9.17) is 5.73 Å². The van der Waals surface area contributed by atoms with Gasteiger partial charge in [0, 0.05) is 20.7 Å². The molecular formula is C16H18BrNS. The van der Waals surface area contributed by atoms with Crippen LogP contribution in [0.5, 0.6) is 0 Å². The predicted molar refractivity (Wildman–Crippen MR) is 87.6 cm³/mol. The number of aryl methyl sites for hydroxylation is 1. The van der Waals surface area contributed by atoms with Crippen LogP contribution in [-0.4, -0.2) is 6.04 Å². The maximum absolute atomic E-state index is 6.20. The molecule has 0 spiro atoms. The van der Waals surface area contributed by atoms with E-state index in [1.54, 1.807) is 0 Å². The number of halogens is 1. The number of thioether (sulfide) groups is 1. The van der Waals surface area contributed by atoms with Gasteiger partial charge in [0.2, 0.25) is 0 Å². The van der Waals surface area contributed by atoms with E-state index < -0.39 is 0 Å². The fraction of sp³-hybridized carbons (Fsp3) is 0.250. The Morgan fingerprint density at radius 2 is 1.68 bits per heavy atom. The highest BCUT2D eigenvalue weighted by molar-refractivity contribution is 9.10. The lowest BCUT2D eigenvalue weighted by molar-refractivity contribution is 0.718. The molecular weight excluding hydrogens is 318 g/mol. The van der Waals surface area contributed by atoms with Gasteiger partial charge in [0.1, 0.15) is 0 Å². The van der Waals surface area contributed by atoms with Gasteiger partial charge < -0.3 is 5.73 Å². The third-order valence-electron chi connectivity index (χ3n) is 3.06. The Labute approximate surface area is 127 Å². The molecule has 0 aliphatic carbocycles. The van der Waals surface area contributed by atoms with Crippen LogP contribution in [0.2, 0.25) is 0 Å². The van der Waals surface area contributed by atoms with E-state index in [0.717, 1.165) is 4.47 Å². The summed E-state index contributed by atoms with van der Waals surface area (Å²) in [5.41, 5.74) is 8.81. The van der Waals surface area contributed by atoms with Gasteiger partial charge >= 0.3 is 0 Å². The number of hydrogen-bond acceptors (Lipinski definition) is 2. The molecule has 100 valence electrons. The highest BCUT2D eigenvalue weighted by atomic mass is 79.9. The summed E-state index contributed by atoms with van der Waals surface area (Å²) >= 11 is 5.42. The van der Waals surface area contributed by atoms with Gasteiger partial charge in [-0.2, -0.15) is 0 Å². The maximum atomic E-state index is 6.20. The van der Waals surface area contributed by atoms with E-state index in [2.05, 4.69) is 72.2 Å². The molecule has 0 saturated carbocycles. The van der Waals surface area contributed by atoms with Gasteiger partial charge in [-0.1, -0.05) is 36.4 Å². The highest BCUT2D eigenvalue weighted by Crippen LogP contribution is 2.41. The van der Waals surface area contributed by atoms with E-state index in [1.807, 2.05) is 17.8 Å². The fourth-order valence-electron chi connectivity index (χ4n) is 2.04. The average molecular weight is 336 g/mol. The lowest BCUT2D eigenvalue weighted by Crippen LogP contribution is -2.23. The van der Waals surface area contributed by atoms with Gasteiger partial charge in [0.15, 0.2) is 0 Å². The quantitative estimate of drug-likeness (QED) is 0.801. The minimum Gasteiger partial charge on any atom is -0.327 e. The summed E-state index contributed by atoms with van der Waals surface area (Å²) < 4.78 is 1.12. The van der Waals surface area contributed by atoms with E-state index in [-0.39, 0.29) is 11.3 Å². The molecule has 2 unspecified atom stereocenters. The van der Waals surface area contributed by atoms with Crippen LogP contribution in [0.3, 0.4) is 0 Å². The zero-order valence-corrected chi connectivity index (χ0v) is 13.5. The van der Waals surface area contributed by atoms with Crippen molar-refractivity contribution in [3.63, 3.8) is 0 Å². The molecule has 19 heavy (non-hydrogen) atoms. The number of benzene rings is 2. The Hall–Kier alpha value is -0.770. The van der Waals surface area contributed by atoms with Crippen LogP contribution < -0.4 is 5.73 Å². The molecule has 2 rings (SSSR count). The second-order valence-corrected chi connectivity index (χ2v) is 6.72. The molecule has 0 saturated heterocycles. The Morgan fingerprint density at radius 1 is 1.05 bits per heavy atom. The van der Waals surface area contributed by atoms with Gasteiger partial charge in [-0.25, -0.2) is 0 Å². The van der Waals surface area contributed by atoms with Gasteiger partial charge in [-0.15, -0.1) is 11.8 Å². The summed E-state index contributed by atoms with van der Waals surface area (Å²) in [5, 5.41) is 0.264. The Kier molecular flexibility index (Phi) is 5.08. The smallest absolute Gasteiger partial charge is 0.0495 e. The van der Waals surface area contributed by atoms with E-state index in [0.29, 0.717) is 0 Å². The van der Waals surface area contributed by atoms with E-state index in [9.17, 15) is 0 Å². The van der Waals surface area contributed by atoms with Gasteiger partial charge in [-0.05, 0) is 53.0 Å².